The van der Waals surface area contributed by atoms with Gasteiger partial charge < -0.3 is 34.2 Å². The summed E-state index contributed by atoms with van der Waals surface area (Å²) in [5.41, 5.74) is 0. The molecule has 0 aromatic carbocycles. The molecule has 4 N–H and O–H groups in total. The highest BCUT2D eigenvalue weighted by molar-refractivity contribution is 7.47. The Bertz CT molecular complexity index is 2860. The second kappa shape index (κ2) is 81.4. The molecular weight excluding hydrogens is 1410 g/mol. The number of aliphatic hydroxyl groups is 2. The van der Waals surface area contributed by atoms with Gasteiger partial charge >= 0.3 is 33.6 Å². The molecule has 0 saturated carbocycles. The van der Waals surface area contributed by atoms with E-state index in [1.807, 2.05) is 0 Å². The summed E-state index contributed by atoms with van der Waals surface area (Å²) in [5, 5.41) is 20.7. The second-order valence-corrected chi connectivity index (χ2v) is 29.3. The lowest BCUT2D eigenvalue weighted by Gasteiger charge is -2.21. The fourth-order valence-corrected chi connectivity index (χ4v) is 11.6. The lowest BCUT2D eigenvalue weighted by molar-refractivity contribution is -0.161. The van der Waals surface area contributed by atoms with Crippen LogP contribution in [-0.4, -0.2) is 95.9 Å². The molecule has 18 heteroatoms. The van der Waals surface area contributed by atoms with Crippen LogP contribution < -0.4 is 0 Å². The van der Waals surface area contributed by atoms with E-state index in [1.165, 1.54) is 32.1 Å². The summed E-state index contributed by atoms with van der Waals surface area (Å²) < 4.78 is 61.2. The van der Waals surface area contributed by atoms with E-state index in [9.17, 15) is 43.5 Å². The predicted molar refractivity (Wildman–Crippen MR) is 453 cm³/mol. The van der Waals surface area contributed by atoms with E-state index >= 15 is 0 Å². The van der Waals surface area contributed by atoms with Crippen LogP contribution in [0, 0.1) is 0 Å². The van der Waals surface area contributed by atoms with Crippen LogP contribution in [0.1, 0.15) is 278 Å². The molecule has 0 heterocycles. The molecule has 5 atom stereocenters. The average molecular weight is 1560 g/mol. The summed E-state index contributed by atoms with van der Waals surface area (Å²) in [4.78, 5) is 58.8. The van der Waals surface area contributed by atoms with Gasteiger partial charge in [-0.3, -0.25) is 32.5 Å². The Morgan fingerprint density at radius 2 is 0.459 bits per heavy atom. The van der Waals surface area contributed by atoms with Crippen LogP contribution in [0.4, 0.5) is 0 Å². The number of hydrogen-bond acceptors (Lipinski definition) is 14. The number of carbonyl (C=O) groups excluding carboxylic acids is 3. The number of phosphoric ester groups is 2. The van der Waals surface area contributed by atoms with E-state index in [2.05, 4.69) is 240 Å². The van der Waals surface area contributed by atoms with Gasteiger partial charge in [-0.15, -0.1) is 0 Å². The smallest absolute Gasteiger partial charge is 0.463 e. The van der Waals surface area contributed by atoms with Crippen LogP contribution in [0.3, 0.4) is 0 Å². The Labute approximate surface area is 660 Å². The van der Waals surface area contributed by atoms with Crippen LogP contribution in [0.5, 0.6) is 0 Å². The van der Waals surface area contributed by atoms with Crippen molar-refractivity contribution >= 4 is 33.6 Å². The van der Waals surface area contributed by atoms with Gasteiger partial charge in [0.2, 0.25) is 0 Å². The summed E-state index contributed by atoms with van der Waals surface area (Å²) in [5.74, 6) is -1.68. The zero-order valence-electron chi connectivity index (χ0n) is 67.1. The molecule has 0 aliphatic carbocycles. The van der Waals surface area contributed by atoms with Crippen molar-refractivity contribution in [2.75, 3.05) is 39.6 Å². The molecule has 16 nitrogen and oxygen atoms in total. The van der Waals surface area contributed by atoms with Gasteiger partial charge in [0, 0.05) is 19.3 Å². The Balaban J connectivity index is 4.73. The van der Waals surface area contributed by atoms with Crippen molar-refractivity contribution in [3.05, 3.63) is 219 Å². The maximum absolute atomic E-state index is 13.0. The molecule has 109 heavy (non-hydrogen) atoms. The number of carbonyl (C=O) groups is 3. The first-order chi connectivity index (χ1) is 53.2. The fraction of sp³-hybridized carbons (Fsp3) is 0.571. The van der Waals surface area contributed by atoms with E-state index in [1.54, 1.807) is 0 Å². The van der Waals surface area contributed by atoms with Gasteiger partial charge in [-0.2, -0.15) is 0 Å². The Morgan fingerprint density at radius 1 is 0.257 bits per heavy atom. The van der Waals surface area contributed by atoms with Crippen molar-refractivity contribution < 1.29 is 75.8 Å². The molecule has 0 aromatic heterocycles. The maximum atomic E-state index is 13.0. The minimum absolute atomic E-state index is 0.0335. The molecule has 614 valence electrons. The largest absolute Gasteiger partial charge is 0.472 e. The average Bonchev–Trinajstić information content (AvgIpc) is 0.905. The number of ether oxygens (including phenoxy) is 3. The van der Waals surface area contributed by atoms with Crippen molar-refractivity contribution in [3.63, 3.8) is 0 Å². The summed E-state index contributed by atoms with van der Waals surface area (Å²) in [6.45, 7) is 2.22. The van der Waals surface area contributed by atoms with Gasteiger partial charge in [0.25, 0.3) is 0 Å². The van der Waals surface area contributed by atoms with E-state index < -0.39 is 91.5 Å². The predicted octanol–water partition coefficient (Wildman–Crippen LogP) is 24.6. The molecule has 0 fully saturated rings. The molecule has 0 saturated heterocycles. The van der Waals surface area contributed by atoms with Gasteiger partial charge in [-0.1, -0.05) is 304 Å². The zero-order valence-corrected chi connectivity index (χ0v) is 68.9. The molecule has 0 bridgehead atoms. The highest BCUT2D eigenvalue weighted by Gasteiger charge is 2.29. The molecule has 5 unspecified atom stereocenters. The number of phosphoric acid groups is 2. The number of hydrogen-bond donors (Lipinski definition) is 4. The topological polar surface area (TPSA) is 231 Å². The minimum atomic E-state index is -4.97. The molecule has 0 spiro atoms. The van der Waals surface area contributed by atoms with Crippen molar-refractivity contribution in [2.24, 2.45) is 0 Å². The molecule has 0 radical (unpaired) electrons. The molecule has 0 aliphatic heterocycles. The monoisotopic (exact) mass is 1550 g/mol. The van der Waals surface area contributed by atoms with Crippen LogP contribution in [0.25, 0.3) is 0 Å². The fourth-order valence-electron chi connectivity index (χ4n) is 10.1. The summed E-state index contributed by atoms with van der Waals surface area (Å²) in [6.07, 6.45) is 110. The summed E-state index contributed by atoms with van der Waals surface area (Å²) in [6, 6.07) is 0. The number of allylic oxidation sites excluding steroid dienone is 36. The molecule has 0 rings (SSSR count). The van der Waals surface area contributed by atoms with Crippen LogP contribution in [-0.2, 0) is 55.8 Å². The summed E-state index contributed by atoms with van der Waals surface area (Å²) >= 11 is 0. The summed E-state index contributed by atoms with van der Waals surface area (Å²) in [7, 11) is -9.84. The SMILES string of the molecule is CC/C=C\C/C=C\C/C=C\C/C=C\C/C=C\C/C=C\CCCCCCCCCCCCC(=O)OCC(O)COP(=O)(O)OCC(O)COP(=O)(O)OCC(COC(=O)CCCCCC/C=C\C/C=C\C/C=C\C/C=C\C/C=C\C/C=C\CC)OC(=O)CCCC/C=C\C/C=C\C/C=C\C/C=C\C/C=C\C/C=C\CC. The van der Waals surface area contributed by atoms with Crippen LogP contribution in [0.2, 0.25) is 0 Å². The Morgan fingerprint density at radius 3 is 0.743 bits per heavy atom. The third-order valence-electron chi connectivity index (χ3n) is 16.2. The van der Waals surface area contributed by atoms with Crippen LogP contribution >= 0.6 is 15.6 Å². The third-order valence-corrected chi connectivity index (χ3v) is 18.1. The Hall–Kier alpha value is -6.13. The van der Waals surface area contributed by atoms with Gasteiger partial charge in [0.05, 0.1) is 26.4 Å². The van der Waals surface area contributed by atoms with E-state index in [0.717, 1.165) is 180 Å². The molecule has 0 aromatic rings. The molecule has 0 aliphatic rings. The highest BCUT2D eigenvalue weighted by Crippen LogP contribution is 2.45. The Kier molecular flexibility index (Phi) is 76.8. The quantitative estimate of drug-likeness (QED) is 0.0146. The lowest BCUT2D eigenvalue weighted by atomic mass is 10.1. The van der Waals surface area contributed by atoms with E-state index in [4.69, 9.17) is 32.3 Å². The number of unbranched alkanes of at least 4 members (excludes halogenated alkanes) is 16. The van der Waals surface area contributed by atoms with Gasteiger partial charge in [-0.05, 0) is 173 Å². The van der Waals surface area contributed by atoms with Crippen molar-refractivity contribution in [3.8, 4) is 0 Å². The first-order valence-corrected chi connectivity index (χ1v) is 44.0. The maximum Gasteiger partial charge on any atom is 0.472 e. The number of rotatable bonds is 75. The zero-order chi connectivity index (χ0) is 79.4. The van der Waals surface area contributed by atoms with E-state index in [-0.39, 0.29) is 19.3 Å². The van der Waals surface area contributed by atoms with Crippen molar-refractivity contribution in [1.29, 1.82) is 0 Å². The minimum Gasteiger partial charge on any atom is -0.463 e. The van der Waals surface area contributed by atoms with E-state index in [0.29, 0.717) is 25.7 Å². The van der Waals surface area contributed by atoms with Gasteiger partial charge in [0.1, 0.15) is 25.4 Å². The van der Waals surface area contributed by atoms with Crippen molar-refractivity contribution in [1.82, 2.24) is 0 Å². The number of esters is 3. The third kappa shape index (κ3) is 82.7. The lowest BCUT2D eigenvalue weighted by Crippen LogP contribution is -2.30. The van der Waals surface area contributed by atoms with Gasteiger partial charge in [0.15, 0.2) is 6.10 Å². The first-order valence-electron chi connectivity index (χ1n) is 41.0. The van der Waals surface area contributed by atoms with Gasteiger partial charge in [-0.25, -0.2) is 9.13 Å². The van der Waals surface area contributed by atoms with Crippen LogP contribution in [0.15, 0.2) is 219 Å². The number of aliphatic hydroxyl groups excluding tert-OH is 2. The second-order valence-electron chi connectivity index (χ2n) is 26.4. The first kappa shape index (κ1) is 103. The van der Waals surface area contributed by atoms with Crippen molar-refractivity contribution in [2.45, 2.75) is 296 Å². The normalized spacial score (nSPS) is 15.0. The molecule has 0 amide bonds. The standard InChI is InChI=1S/C91H144O16P2/c1-4-7-10-13-16-19-22-25-28-31-34-37-39-40-41-42-43-44-46-49-50-53-56-59-62-65-68-71-74-77-89(94)101-80-86(92)81-103-108(97,98)104-82-87(93)83-105-109(99,100)106-85-88(107-91(96)79-76-73-70-67-64-61-58-55-52-47-36-33-30-27-24-21-18-15-12-9-6-3)84-102-90(95)78-75-72-69-66-63-60-57-54-51-48-45-38-35-32-29-26-23-20-17-14-11-8-5-2/h7-12,16-21,25-30,34-38,40-41,43-44,47-48,51,55,57-58,60,64,67,86-88,92-93H,4-6,13-15,22-24,31-33,39,42,45-46,49-50,52-54,56,59,61-63,65-66,68-85H2,1-3H3,(H,97,98)(H,99,100)/b10-7-,11-8-,12-9-,19-16-,20-17-,21-18-,28-25-,29-26-,30-27-,37-34-,38-35-,41-40-,44-43-,47-36-,51-48-,58-55-,60-57-,67-64-. The highest BCUT2D eigenvalue weighted by atomic mass is 31.2. The molecular formula is C91H144O16P2.